The molecule has 2 aromatic heterocycles. The molecule has 3 aromatic carbocycles. The number of ether oxygens (including phenoxy) is 5. The molecule has 2 amide bonds. The van der Waals surface area contributed by atoms with Crippen LogP contribution in [0.1, 0.15) is 65.1 Å². The number of carboxylic acid groups (broad SMARTS) is 1. The van der Waals surface area contributed by atoms with Gasteiger partial charge in [0.2, 0.25) is 5.91 Å². The number of nitrogens with zero attached hydrogens (tertiary/aromatic N) is 2. The number of phosphoric acid groups is 2. The van der Waals surface area contributed by atoms with Crippen molar-refractivity contribution in [3.05, 3.63) is 81.9 Å². The number of aromatic nitrogens is 2. The fourth-order valence-electron chi connectivity index (χ4n) is 8.90. The number of hydrogen-bond acceptors (Lipinski definition) is 23. The first-order chi connectivity index (χ1) is 41.5. The van der Waals surface area contributed by atoms with Gasteiger partial charge in [0, 0.05) is 48.9 Å². The number of anilines is 2. The van der Waals surface area contributed by atoms with Crippen LogP contribution < -0.4 is 32.5 Å². The molecule has 0 saturated carbocycles. The van der Waals surface area contributed by atoms with Crippen LogP contribution in [0.25, 0.3) is 33.1 Å². The molecule has 1 aliphatic rings. The molecule has 1 saturated heterocycles. The number of carbonyl (C=O) groups is 3. The summed E-state index contributed by atoms with van der Waals surface area (Å²) in [4.78, 5) is 91.5. The number of aliphatic hydroxyl groups excluding tert-OH is 1. The maximum atomic E-state index is 13.3. The van der Waals surface area contributed by atoms with Crippen molar-refractivity contribution in [2.75, 3.05) is 96.3 Å². The highest BCUT2D eigenvalue weighted by atomic mass is 32.2. The Labute approximate surface area is 505 Å². The molecule has 5 aromatic rings. The van der Waals surface area contributed by atoms with E-state index in [4.69, 9.17) is 53.9 Å². The lowest BCUT2D eigenvalue weighted by molar-refractivity contribution is -0.122. The Bertz CT molecular complexity index is 3740. The van der Waals surface area contributed by atoms with Crippen LogP contribution in [0.2, 0.25) is 0 Å². The van der Waals surface area contributed by atoms with Gasteiger partial charge in [0.25, 0.3) is 16.0 Å². The predicted octanol–water partition coefficient (Wildman–Crippen LogP) is 1.26. The Morgan fingerprint density at radius 3 is 2.14 bits per heavy atom. The summed E-state index contributed by atoms with van der Waals surface area (Å²) in [6.45, 7) is 2.47. The molecule has 5 atom stereocenters. The number of unbranched alkanes of at least 4 members (excludes halogenated alkanes) is 1. The number of amides is 2. The van der Waals surface area contributed by atoms with Crippen LogP contribution >= 0.6 is 26.3 Å². The van der Waals surface area contributed by atoms with Gasteiger partial charge in [-0.2, -0.15) is 13.4 Å². The van der Waals surface area contributed by atoms with Crippen molar-refractivity contribution in [3.63, 3.8) is 0 Å². The molecule has 1 aliphatic heterocycles. The largest absolute Gasteiger partial charge is 0.744 e. The lowest BCUT2D eigenvalue weighted by Gasteiger charge is -2.21. The third-order valence-corrected chi connectivity index (χ3v) is 17.4. The summed E-state index contributed by atoms with van der Waals surface area (Å²) in [6.07, 6.45) is -5.08. The Morgan fingerprint density at radius 2 is 1.51 bits per heavy atom. The number of nitrogens with two attached hydrogens (primary N) is 2. The van der Waals surface area contributed by atoms with Crippen LogP contribution in [0.5, 0.6) is 0 Å². The van der Waals surface area contributed by atoms with Gasteiger partial charge in [-0.25, -0.2) is 31.6 Å². The molecule has 3 heterocycles. The Balaban J connectivity index is 0.894. The average Bonchev–Trinajstić information content (AvgIpc) is 0.938. The van der Waals surface area contributed by atoms with Crippen molar-refractivity contribution < 1.29 is 116 Å². The predicted molar refractivity (Wildman–Crippen MR) is 313 cm³/mol. The molecule has 33 nitrogen and oxygen atoms in total. The average molecular weight is 1340 g/mol. The van der Waals surface area contributed by atoms with E-state index in [1.54, 1.807) is 24.4 Å². The number of rotatable bonds is 36. The Kier molecular flexibility index (Phi) is 26.1. The van der Waals surface area contributed by atoms with Gasteiger partial charge in [-0.15, -0.1) is 0 Å². The second kappa shape index (κ2) is 32.3. The fourth-order valence-corrected chi connectivity index (χ4v) is 12.6. The van der Waals surface area contributed by atoms with E-state index < -0.39 is 106 Å². The van der Waals surface area contributed by atoms with Crippen molar-refractivity contribution in [3.8, 4) is 11.1 Å². The van der Waals surface area contributed by atoms with Crippen molar-refractivity contribution in [2.45, 2.75) is 73.4 Å². The standard InChI is InChI=1S/C50H67N7O26P2S3/c1-2-86(55-16-3-4-26-87(70,71)72)45-36(51)13-12-34-40(33-8-5-9-38(88(73,74)75)42(33)82-43(34)45)32-11-10-30(27-35(32)49(61)62)47(60)54-17-19-77-21-23-79-25-24-78-22-20-76-18-14-39(58)53-15-6-7-31-28-57(50(63)56-46(31)52)48-41(59)44(83-85(67,68)69)37(81-48)29-80-84(64,65)66/h2,5,8-13,27-28,37,41,44,48,55,59H,3-4,6-7,14-26,29,51H2,1H3,(H10-,52,53,54,56,58,60,61,62,63,64,65,66,67,68,69,70,71,72,73,74,75)/t37-,41?,44?,48-,86?/m1/s1. The molecule has 0 bridgehead atoms. The van der Waals surface area contributed by atoms with Crippen LogP contribution in [-0.2, 0) is 73.3 Å². The zero-order valence-electron chi connectivity index (χ0n) is 46.9. The van der Waals surface area contributed by atoms with Gasteiger partial charge in [-0.1, -0.05) is 22.8 Å². The van der Waals surface area contributed by atoms with E-state index in [0.717, 1.165) is 16.7 Å². The highest BCUT2D eigenvalue weighted by molar-refractivity contribution is 8.13. The first kappa shape index (κ1) is 71.3. The molecule has 14 N–H and O–H groups in total. The lowest BCUT2D eigenvalue weighted by Crippen LogP contribution is -2.38. The van der Waals surface area contributed by atoms with Crippen LogP contribution in [0, 0.1) is 0 Å². The van der Waals surface area contributed by atoms with E-state index in [1.807, 2.05) is 0 Å². The van der Waals surface area contributed by atoms with Gasteiger partial charge in [0.15, 0.2) is 11.1 Å². The second-order valence-electron chi connectivity index (χ2n) is 19.1. The number of benzene rings is 3. The van der Waals surface area contributed by atoms with Crippen molar-refractivity contribution in [1.29, 1.82) is 0 Å². The summed E-state index contributed by atoms with van der Waals surface area (Å²) >= 11 is 0. The first-order valence-corrected chi connectivity index (χ1v) is 34.0. The molecule has 1 fully saturated rings. The molecule has 0 spiro atoms. The summed E-state index contributed by atoms with van der Waals surface area (Å²) in [5, 5.41) is 28.8. The van der Waals surface area contributed by atoms with Crippen molar-refractivity contribution >= 4 is 103 Å². The second-order valence-corrected chi connectivity index (χ2v) is 26.3. The van der Waals surface area contributed by atoms with Crippen LogP contribution in [0.15, 0.2) is 73.7 Å². The van der Waals surface area contributed by atoms with E-state index in [0.29, 0.717) is 17.7 Å². The third-order valence-electron chi connectivity index (χ3n) is 12.8. The highest BCUT2D eigenvalue weighted by Gasteiger charge is 2.49. The number of fused-ring (bicyclic) bond motifs is 2. The Morgan fingerprint density at radius 1 is 0.852 bits per heavy atom. The van der Waals surface area contributed by atoms with E-state index >= 15 is 0 Å². The van der Waals surface area contributed by atoms with Gasteiger partial charge in [0.1, 0.15) is 39.1 Å². The maximum absolute atomic E-state index is 13.3. The van der Waals surface area contributed by atoms with Gasteiger partial charge in [0.05, 0.1) is 87.2 Å². The number of aliphatic hydroxyl groups is 1. The van der Waals surface area contributed by atoms with Gasteiger partial charge < -0.3 is 80.1 Å². The number of nitrogens with one attached hydrogen (secondary N) is 3. The number of hydrogen-bond donors (Lipinski definition) is 12. The summed E-state index contributed by atoms with van der Waals surface area (Å²) in [6, 6.07) is 10.8. The van der Waals surface area contributed by atoms with E-state index in [2.05, 4.69) is 29.4 Å². The molecular formula is C50H67N7O26P2S3. The van der Waals surface area contributed by atoms with Crippen LogP contribution in [-0.4, -0.2) is 192 Å². The first-order valence-electron chi connectivity index (χ1n) is 26.6. The quantitative estimate of drug-likeness (QED) is 0.00511. The molecule has 88 heavy (non-hydrogen) atoms. The number of aryl methyl sites for hydroxylation is 1. The number of carboxylic acids is 1. The SMILES string of the molecule is C/C=S(\NCCCCS(=O)(=O)O)c1c(N)ccc2c(-c3ccc(C(=O)NCCOCCOCCOCCOCCC(=O)NCCCc4cn([C@@H]5O[C@H](COP(=O)(O)O)C(OP(=O)(O)O)C5O)c(=O)nc4N)cc3C(=O)O)c3cccc(S(=O)(=O)[O-])c3[o+]c12. The van der Waals surface area contributed by atoms with Gasteiger partial charge in [-0.05, 0) is 79.9 Å². The van der Waals surface area contributed by atoms with E-state index in [-0.39, 0.29) is 159 Å². The molecule has 6 rings (SSSR count). The number of nitrogen functional groups attached to an aromatic ring is 2. The van der Waals surface area contributed by atoms with Crippen LogP contribution in [0.3, 0.4) is 0 Å². The highest BCUT2D eigenvalue weighted by Crippen LogP contribution is 2.47. The van der Waals surface area contributed by atoms with Crippen molar-refractivity contribution in [1.82, 2.24) is 24.9 Å². The molecule has 38 heteroatoms. The number of carbonyl (C=O) groups excluding carboxylic acids is 2. The molecule has 0 aliphatic carbocycles. The lowest BCUT2D eigenvalue weighted by atomic mass is 9.92. The third kappa shape index (κ3) is 20.9. The summed E-state index contributed by atoms with van der Waals surface area (Å²) < 4.78 is 139. The molecule has 0 radical (unpaired) electrons. The minimum Gasteiger partial charge on any atom is -0.744 e. The zero-order chi connectivity index (χ0) is 64.6. The minimum atomic E-state index is -5.28. The van der Waals surface area contributed by atoms with Crippen molar-refractivity contribution in [2.24, 2.45) is 0 Å². The summed E-state index contributed by atoms with van der Waals surface area (Å²) in [5.41, 5.74) is 11.3. The Hall–Kier alpha value is -5.80. The molecular weight excluding hydrogens is 1270 g/mol. The fraction of sp³-hybridized carbons (Fsp3) is 0.460. The smallest absolute Gasteiger partial charge is 0.470 e. The van der Waals surface area contributed by atoms with E-state index in [1.165, 1.54) is 30.5 Å². The summed E-state index contributed by atoms with van der Waals surface area (Å²) in [5.74, 6) is -3.05. The molecule has 486 valence electrons. The van der Waals surface area contributed by atoms with Gasteiger partial charge >= 0.3 is 38.5 Å². The monoisotopic (exact) mass is 1340 g/mol. The minimum absolute atomic E-state index is 0.0166. The topological polar surface area (TPSA) is 517 Å². The number of para-hydroxylation sites is 1. The summed E-state index contributed by atoms with van der Waals surface area (Å²) in [7, 11) is -20.8. The normalized spacial score (nSPS) is 17.0. The van der Waals surface area contributed by atoms with E-state index in [9.17, 15) is 69.7 Å². The molecule has 3 unspecified atom stereocenters. The number of aromatic carboxylic acids is 1. The zero-order valence-corrected chi connectivity index (χ0v) is 51.1. The van der Waals surface area contributed by atoms with Gasteiger partial charge in [-0.3, -0.25) is 32.5 Å². The van der Waals surface area contributed by atoms with Crippen LogP contribution in [0.4, 0.5) is 11.5 Å². The maximum Gasteiger partial charge on any atom is 0.470 e. The number of phosphoric ester groups is 2.